The van der Waals surface area contributed by atoms with Crippen LogP contribution in [0.3, 0.4) is 0 Å². The molecule has 4 aromatic heterocycles. The Morgan fingerprint density at radius 1 is 1.17 bits per heavy atom. The summed E-state index contributed by atoms with van der Waals surface area (Å²) in [5.74, 6) is 0.716. The number of anilines is 2. The normalized spacial score (nSPS) is 13.5. The first-order chi connectivity index (χ1) is 17.0. The highest BCUT2D eigenvalue weighted by molar-refractivity contribution is 7.16. The third-order valence-electron chi connectivity index (χ3n) is 6.04. The van der Waals surface area contributed by atoms with Crippen LogP contribution in [-0.4, -0.2) is 31.5 Å². The van der Waals surface area contributed by atoms with Crippen LogP contribution in [0.2, 0.25) is 0 Å². The van der Waals surface area contributed by atoms with Crippen molar-refractivity contribution in [2.24, 2.45) is 0 Å². The number of aliphatic hydroxyl groups excluding tert-OH is 1. The summed E-state index contributed by atoms with van der Waals surface area (Å²) in [5.41, 5.74) is 5.71. The molecule has 9 heteroatoms. The summed E-state index contributed by atoms with van der Waals surface area (Å²) < 4.78 is 15.5. The fourth-order valence-electron chi connectivity index (χ4n) is 4.18. The number of fused-ring (bicyclic) bond motifs is 1. The molecule has 0 saturated carbocycles. The number of hydrogen-bond acceptors (Lipinski definition) is 7. The third-order valence-corrected chi connectivity index (χ3v) is 7.08. The number of thiazole rings is 1. The molecule has 1 N–H and O–H groups in total. The van der Waals surface area contributed by atoms with Crippen LogP contribution in [0.15, 0.2) is 54.6 Å². The molecule has 0 bridgehead atoms. The molecule has 0 fully saturated rings. The van der Waals surface area contributed by atoms with Gasteiger partial charge in [0.2, 0.25) is 0 Å². The second-order valence-electron chi connectivity index (χ2n) is 8.23. The quantitative estimate of drug-likeness (QED) is 0.383. The number of rotatable bonds is 6. The smallest absolute Gasteiger partial charge is 0.192 e. The van der Waals surface area contributed by atoms with Crippen molar-refractivity contribution in [3.63, 3.8) is 0 Å². The van der Waals surface area contributed by atoms with Crippen molar-refractivity contribution in [1.82, 2.24) is 19.4 Å². The fraction of sp³-hybridized carbons (Fsp3) is 0.231. The van der Waals surface area contributed by atoms with E-state index in [9.17, 15) is 14.8 Å². The largest absolute Gasteiger partial charge is 0.390 e. The van der Waals surface area contributed by atoms with E-state index in [1.807, 2.05) is 40.7 Å². The van der Waals surface area contributed by atoms with E-state index in [2.05, 4.69) is 18.0 Å². The molecule has 5 rings (SSSR count). The van der Waals surface area contributed by atoms with Gasteiger partial charge < -0.3 is 10.0 Å². The maximum atomic E-state index is 13.5. The monoisotopic (exact) mass is 486 g/mol. The van der Waals surface area contributed by atoms with Crippen LogP contribution in [0.5, 0.6) is 0 Å². The zero-order chi connectivity index (χ0) is 24.5. The highest BCUT2D eigenvalue weighted by atomic mass is 32.1. The van der Waals surface area contributed by atoms with Gasteiger partial charge in [-0.3, -0.25) is 9.38 Å². The van der Waals surface area contributed by atoms with Crippen molar-refractivity contribution in [3.05, 3.63) is 76.6 Å². The molecule has 176 valence electrons. The first-order valence-corrected chi connectivity index (χ1v) is 12.1. The SMILES string of the molecule is CCc1nc2ccc(-c3ccc(CO)nc3)cn2c1N(C)c1nc(C2=CC=C(F)CC2)c(C#N)s1. The molecule has 7 nitrogen and oxygen atoms in total. The third kappa shape index (κ3) is 4.22. The number of aromatic nitrogens is 4. The molecular weight excluding hydrogens is 463 g/mol. The van der Waals surface area contributed by atoms with E-state index < -0.39 is 0 Å². The number of nitriles is 1. The molecule has 0 aromatic carbocycles. The van der Waals surface area contributed by atoms with Crippen LogP contribution < -0.4 is 4.90 Å². The zero-order valence-corrected chi connectivity index (χ0v) is 20.2. The zero-order valence-electron chi connectivity index (χ0n) is 19.4. The molecule has 0 atom stereocenters. The summed E-state index contributed by atoms with van der Waals surface area (Å²) >= 11 is 1.32. The maximum Gasteiger partial charge on any atom is 0.192 e. The summed E-state index contributed by atoms with van der Waals surface area (Å²) in [6, 6.07) is 9.96. The number of allylic oxidation sites excluding steroid dienone is 4. The summed E-state index contributed by atoms with van der Waals surface area (Å²) in [4.78, 5) is 16.4. The number of nitrogens with zero attached hydrogens (tertiary/aromatic N) is 6. The first kappa shape index (κ1) is 22.9. The second-order valence-corrected chi connectivity index (χ2v) is 9.21. The number of pyridine rings is 2. The van der Waals surface area contributed by atoms with Gasteiger partial charge in [-0.1, -0.05) is 30.4 Å². The van der Waals surface area contributed by atoms with Crippen molar-refractivity contribution in [3.8, 4) is 17.2 Å². The van der Waals surface area contributed by atoms with E-state index in [0.29, 0.717) is 34.2 Å². The molecule has 35 heavy (non-hydrogen) atoms. The molecular formula is C26H23FN6OS. The number of aliphatic hydroxyl groups is 1. The lowest BCUT2D eigenvalue weighted by atomic mass is 10.0. The minimum Gasteiger partial charge on any atom is -0.390 e. The van der Waals surface area contributed by atoms with E-state index in [0.717, 1.165) is 40.3 Å². The Morgan fingerprint density at radius 2 is 2.00 bits per heavy atom. The number of imidazole rings is 1. The van der Waals surface area contributed by atoms with Gasteiger partial charge in [-0.05, 0) is 42.7 Å². The van der Waals surface area contributed by atoms with Gasteiger partial charge in [0.15, 0.2) is 5.13 Å². The van der Waals surface area contributed by atoms with Gasteiger partial charge in [-0.2, -0.15) is 5.26 Å². The predicted molar refractivity (Wildman–Crippen MR) is 135 cm³/mol. The van der Waals surface area contributed by atoms with Crippen LogP contribution in [0.1, 0.15) is 41.7 Å². The van der Waals surface area contributed by atoms with Crippen LogP contribution in [0.25, 0.3) is 22.3 Å². The Hall–Kier alpha value is -3.87. The number of halogens is 1. The van der Waals surface area contributed by atoms with Gasteiger partial charge in [0.25, 0.3) is 0 Å². The van der Waals surface area contributed by atoms with Gasteiger partial charge in [-0.15, -0.1) is 0 Å². The average Bonchev–Trinajstić information content (AvgIpc) is 3.50. The van der Waals surface area contributed by atoms with E-state index >= 15 is 0 Å². The lowest BCUT2D eigenvalue weighted by molar-refractivity contribution is 0.277. The molecule has 0 spiro atoms. The van der Waals surface area contributed by atoms with E-state index in [4.69, 9.17) is 9.97 Å². The predicted octanol–water partition coefficient (Wildman–Crippen LogP) is 5.58. The van der Waals surface area contributed by atoms with Crippen molar-refractivity contribution >= 4 is 33.5 Å². The average molecular weight is 487 g/mol. The van der Waals surface area contributed by atoms with E-state index in [-0.39, 0.29) is 12.4 Å². The van der Waals surface area contributed by atoms with Gasteiger partial charge in [-0.25, -0.2) is 14.4 Å². The summed E-state index contributed by atoms with van der Waals surface area (Å²) in [7, 11) is 1.92. The summed E-state index contributed by atoms with van der Waals surface area (Å²) in [6.07, 6.45) is 8.49. The van der Waals surface area contributed by atoms with Crippen molar-refractivity contribution in [2.45, 2.75) is 32.8 Å². The minimum absolute atomic E-state index is 0.0990. The molecule has 0 unspecified atom stereocenters. The van der Waals surface area contributed by atoms with Gasteiger partial charge in [0.05, 0.1) is 23.7 Å². The maximum absolute atomic E-state index is 13.5. The van der Waals surface area contributed by atoms with Gasteiger partial charge >= 0.3 is 0 Å². The van der Waals surface area contributed by atoms with Crippen molar-refractivity contribution < 1.29 is 9.50 Å². The molecule has 0 saturated heterocycles. The molecule has 0 amide bonds. The van der Waals surface area contributed by atoms with Crippen molar-refractivity contribution in [1.29, 1.82) is 5.26 Å². The minimum atomic E-state index is -0.157. The molecule has 1 aliphatic rings. The van der Waals surface area contributed by atoms with Crippen molar-refractivity contribution in [2.75, 3.05) is 11.9 Å². The Balaban J connectivity index is 1.59. The highest BCUT2D eigenvalue weighted by Crippen LogP contribution is 2.38. The van der Waals surface area contributed by atoms with E-state index in [1.54, 1.807) is 18.3 Å². The Bertz CT molecular complexity index is 1510. The van der Waals surface area contributed by atoms with Crippen LogP contribution in [-0.2, 0) is 13.0 Å². The fourth-order valence-corrected chi connectivity index (χ4v) is 5.04. The molecule has 0 radical (unpaired) electrons. The van der Waals surface area contributed by atoms with Crippen LogP contribution in [0.4, 0.5) is 15.3 Å². The van der Waals surface area contributed by atoms with Gasteiger partial charge in [0.1, 0.15) is 28.2 Å². The molecule has 4 heterocycles. The lowest BCUT2D eigenvalue weighted by Crippen LogP contribution is -2.13. The molecule has 4 aromatic rings. The molecule has 1 aliphatic carbocycles. The Morgan fingerprint density at radius 3 is 2.66 bits per heavy atom. The first-order valence-electron chi connectivity index (χ1n) is 11.3. The summed E-state index contributed by atoms with van der Waals surface area (Å²) in [5, 5.41) is 19.7. The van der Waals surface area contributed by atoms with Gasteiger partial charge in [0, 0.05) is 37.0 Å². The second kappa shape index (κ2) is 9.41. The Labute approximate surface area is 206 Å². The molecule has 0 aliphatic heterocycles. The topological polar surface area (TPSA) is 90.3 Å². The van der Waals surface area contributed by atoms with Crippen LogP contribution >= 0.6 is 11.3 Å². The lowest BCUT2D eigenvalue weighted by Gasteiger charge is -2.17. The number of aryl methyl sites for hydroxylation is 1. The Kier molecular flexibility index (Phi) is 6.16. The number of hydrogen-bond donors (Lipinski definition) is 1. The highest BCUT2D eigenvalue weighted by Gasteiger charge is 2.23. The summed E-state index contributed by atoms with van der Waals surface area (Å²) in [6.45, 7) is 1.96. The van der Waals surface area contributed by atoms with E-state index in [1.165, 1.54) is 17.4 Å². The standard InChI is InChI=1S/C26H23FN6OS/c1-3-21-25(32(2)26-31-24(22(12-28)35-26)16-4-8-19(27)9-5-16)33-14-18(7-11-23(33)30-21)17-6-10-20(15-34)29-13-17/h4,6-8,10-11,13-14,34H,3,5,9,15H2,1-2H3. The van der Waals surface area contributed by atoms with Crippen LogP contribution in [0, 0.1) is 11.3 Å².